The predicted octanol–water partition coefficient (Wildman–Crippen LogP) is 3.16. The highest BCUT2D eigenvalue weighted by molar-refractivity contribution is 9.10. The molecule has 0 spiro atoms. The number of rotatable bonds is 5. The molecule has 0 saturated heterocycles. The van der Waals surface area contributed by atoms with Crippen LogP contribution in [0, 0.1) is 6.92 Å². The standard InChI is InChI=1S/C11H19BrN2S/c1-4-5-14(3)10(7-13)11-6-9(12)8(2)15-11/h6,10H,4-5,7,13H2,1-3H3. The van der Waals surface area contributed by atoms with Gasteiger partial charge in [-0.15, -0.1) is 11.3 Å². The molecule has 0 aromatic carbocycles. The fourth-order valence-electron chi connectivity index (χ4n) is 1.67. The Labute approximate surface area is 105 Å². The quantitative estimate of drug-likeness (QED) is 0.903. The number of aryl methyl sites for hydroxylation is 1. The maximum Gasteiger partial charge on any atom is 0.0562 e. The number of hydrogen-bond acceptors (Lipinski definition) is 3. The normalized spacial score (nSPS) is 13.5. The molecule has 0 bridgehead atoms. The Kier molecular flexibility index (Phi) is 5.26. The number of thiophene rings is 1. The number of hydrogen-bond donors (Lipinski definition) is 1. The summed E-state index contributed by atoms with van der Waals surface area (Å²) in [6.45, 7) is 6.10. The van der Waals surface area contributed by atoms with Crippen molar-refractivity contribution in [3.63, 3.8) is 0 Å². The van der Waals surface area contributed by atoms with Gasteiger partial charge in [-0.1, -0.05) is 6.92 Å². The van der Waals surface area contributed by atoms with Crippen LogP contribution in [0.1, 0.15) is 29.1 Å². The maximum atomic E-state index is 5.85. The van der Waals surface area contributed by atoms with E-state index < -0.39 is 0 Å². The van der Waals surface area contributed by atoms with Gasteiger partial charge in [-0.2, -0.15) is 0 Å². The molecule has 0 aliphatic carbocycles. The molecular weight excluding hydrogens is 272 g/mol. The van der Waals surface area contributed by atoms with Crippen LogP contribution in [0.25, 0.3) is 0 Å². The van der Waals surface area contributed by atoms with Crippen LogP contribution >= 0.6 is 27.3 Å². The van der Waals surface area contributed by atoms with Crippen LogP contribution in [0.5, 0.6) is 0 Å². The first-order valence-corrected chi connectivity index (χ1v) is 6.87. The van der Waals surface area contributed by atoms with Crippen LogP contribution < -0.4 is 5.73 Å². The molecule has 86 valence electrons. The highest BCUT2D eigenvalue weighted by Crippen LogP contribution is 2.32. The minimum atomic E-state index is 0.361. The molecule has 15 heavy (non-hydrogen) atoms. The van der Waals surface area contributed by atoms with Crippen molar-refractivity contribution in [2.24, 2.45) is 5.73 Å². The molecule has 1 rings (SSSR count). The number of nitrogens with two attached hydrogens (primary N) is 1. The molecular formula is C11H19BrN2S. The van der Waals surface area contributed by atoms with E-state index in [-0.39, 0.29) is 0 Å². The molecule has 2 nitrogen and oxygen atoms in total. The summed E-state index contributed by atoms with van der Waals surface area (Å²) in [6, 6.07) is 2.56. The third-order valence-electron chi connectivity index (χ3n) is 2.54. The SMILES string of the molecule is CCCN(C)C(CN)c1cc(Br)c(C)s1. The zero-order valence-corrected chi connectivity index (χ0v) is 12.0. The minimum Gasteiger partial charge on any atom is -0.329 e. The first-order chi connectivity index (χ1) is 7.10. The zero-order chi connectivity index (χ0) is 11.4. The Balaban J connectivity index is 2.82. The van der Waals surface area contributed by atoms with Gasteiger partial charge in [-0.25, -0.2) is 0 Å². The van der Waals surface area contributed by atoms with Crippen LogP contribution in [0.4, 0.5) is 0 Å². The first-order valence-electron chi connectivity index (χ1n) is 5.26. The summed E-state index contributed by atoms with van der Waals surface area (Å²) in [5, 5.41) is 0. The molecule has 1 aromatic rings. The van der Waals surface area contributed by atoms with E-state index in [9.17, 15) is 0 Å². The Morgan fingerprint density at radius 1 is 1.60 bits per heavy atom. The summed E-state index contributed by atoms with van der Waals surface area (Å²) in [5.41, 5.74) is 5.85. The molecule has 2 N–H and O–H groups in total. The van der Waals surface area contributed by atoms with Gasteiger partial charge in [0.1, 0.15) is 0 Å². The highest BCUT2D eigenvalue weighted by atomic mass is 79.9. The monoisotopic (exact) mass is 290 g/mol. The lowest BCUT2D eigenvalue weighted by atomic mass is 10.2. The van der Waals surface area contributed by atoms with Crippen LogP contribution in [-0.2, 0) is 0 Å². The number of halogens is 1. The van der Waals surface area contributed by atoms with Crippen molar-refractivity contribution in [1.82, 2.24) is 4.90 Å². The van der Waals surface area contributed by atoms with E-state index in [2.05, 4.69) is 47.8 Å². The molecule has 0 saturated carbocycles. The Hall–Kier alpha value is 0.1000. The van der Waals surface area contributed by atoms with E-state index in [1.165, 1.54) is 20.6 Å². The van der Waals surface area contributed by atoms with Crippen LogP contribution in [-0.4, -0.2) is 25.0 Å². The molecule has 0 radical (unpaired) electrons. The summed E-state index contributed by atoms with van der Waals surface area (Å²) >= 11 is 5.39. The van der Waals surface area contributed by atoms with Crippen molar-refractivity contribution >= 4 is 27.3 Å². The fourth-order valence-corrected chi connectivity index (χ4v) is 3.41. The summed E-state index contributed by atoms with van der Waals surface area (Å²) in [4.78, 5) is 5.02. The first kappa shape index (κ1) is 13.2. The number of likely N-dealkylation sites (N-methyl/N-ethyl adjacent to an activating group) is 1. The second kappa shape index (κ2) is 5.99. The molecule has 0 aliphatic rings. The van der Waals surface area contributed by atoms with Gasteiger partial charge in [0.05, 0.1) is 6.04 Å². The van der Waals surface area contributed by atoms with Gasteiger partial charge in [0.2, 0.25) is 0 Å². The average Bonchev–Trinajstić information content (AvgIpc) is 2.48. The van der Waals surface area contributed by atoms with E-state index in [1.54, 1.807) is 0 Å². The van der Waals surface area contributed by atoms with Crippen molar-refractivity contribution < 1.29 is 0 Å². The van der Waals surface area contributed by atoms with Gasteiger partial charge < -0.3 is 5.73 Å². The molecule has 1 heterocycles. The molecule has 1 atom stereocenters. The van der Waals surface area contributed by atoms with E-state index in [0.717, 1.165) is 6.54 Å². The number of nitrogens with zero attached hydrogens (tertiary/aromatic N) is 1. The van der Waals surface area contributed by atoms with Crippen LogP contribution in [0.15, 0.2) is 10.5 Å². The molecule has 0 aliphatic heterocycles. The summed E-state index contributed by atoms with van der Waals surface area (Å²) in [5.74, 6) is 0. The third-order valence-corrected chi connectivity index (χ3v) is 4.77. The predicted molar refractivity (Wildman–Crippen MR) is 71.5 cm³/mol. The third kappa shape index (κ3) is 3.28. The lowest BCUT2D eigenvalue weighted by molar-refractivity contribution is 0.254. The van der Waals surface area contributed by atoms with E-state index in [0.29, 0.717) is 12.6 Å². The topological polar surface area (TPSA) is 29.3 Å². The van der Waals surface area contributed by atoms with Gasteiger partial charge in [-0.3, -0.25) is 4.90 Å². The zero-order valence-electron chi connectivity index (χ0n) is 9.59. The summed E-state index contributed by atoms with van der Waals surface area (Å²) < 4.78 is 1.20. The van der Waals surface area contributed by atoms with Gasteiger partial charge in [0.25, 0.3) is 0 Å². The van der Waals surface area contributed by atoms with Crippen molar-refractivity contribution in [2.45, 2.75) is 26.3 Å². The Bertz CT molecular complexity index is 292. The van der Waals surface area contributed by atoms with Crippen molar-refractivity contribution in [3.05, 3.63) is 20.3 Å². The van der Waals surface area contributed by atoms with Crippen molar-refractivity contribution in [3.8, 4) is 0 Å². The summed E-state index contributed by atoms with van der Waals surface area (Å²) in [6.07, 6.45) is 1.17. The Morgan fingerprint density at radius 2 is 2.27 bits per heavy atom. The van der Waals surface area contributed by atoms with Crippen molar-refractivity contribution in [2.75, 3.05) is 20.1 Å². The lowest BCUT2D eigenvalue weighted by Crippen LogP contribution is -2.30. The maximum absolute atomic E-state index is 5.85. The smallest absolute Gasteiger partial charge is 0.0562 e. The molecule has 4 heteroatoms. The Morgan fingerprint density at radius 3 is 2.67 bits per heavy atom. The lowest BCUT2D eigenvalue weighted by Gasteiger charge is -2.25. The highest BCUT2D eigenvalue weighted by Gasteiger charge is 2.17. The summed E-state index contributed by atoms with van der Waals surface area (Å²) in [7, 11) is 2.14. The average molecular weight is 291 g/mol. The molecule has 0 amide bonds. The molecule has 1 aromatic heterocycles. The van der Waals surface area contributed by atoms with E-state index in [4.69, 9.17) is 5.73 Å². The van der Waals surface area contributed by atoms with Gasteiger partial charge in [0, 0.05) is 20.8 Å². The van der Waals surface area contributed by atoms with Gasteiger partial charge >= 0.3 is 0 Å². The van der Waals surface area contributed by atoms with Gasteiger partial charge in [-0.05, 0) is 48.9 Å². The van der Waals surface area contributed by atoms with Gasteiger partial charge in [0.15, 0.2) is 0 Å². The minimum absolute atomic E-state index is 0.361. The molecule has 1 unspecified atom stereocenters. The van der Waals surface area contributed by atoms with E-state index >= 15 is 0 Å². The fraction of sp³-hybridized carbons (Fsp3) is 0.636. The largest absolute Gasteiger partial charge is 0.329 e. The second-order valence-electron chi connectivity index (χ2n) is 3.79. The molecule has 0 fully saturated rings. The van der Waals surface area contributed by atoms with Crippen LogP contribution in [0.2, 0.25) is 0 Å². The second-order valence-corrected chi connectivity index (χ2v) is 5.93. The van der Waals surface area contributed by atoms with Crippen LogP contribution in [0.3, 0.4) is 0 Å². The van der Waals surface area contributed by atoms with E-state index in [1.807, 2.05) is 11.3 Å². The van der Waals surface area contributed by atoms with Crippen molar-refractivity contribution in [1.29, 1.82) is 0 Å².